The van der Waals surface area contributed by atoms with E-state index in [4.69, 9.17) is 0 Å². The Hall–Kier alpha value is -0.720. The number of carbonyl (C=O) groups excluding carboxylic acids is 1. The Balaban J connectivity index is 2.07. The van der Waals surface area contributed by atoms with Crippen molar-refractivity contribution in [3.63, 3.8) is 0 Å². The van der Waals surface area contributed by atoms with Crippen molar-refractivity contribution in [3.05, 3.63) is 49.3 Å². The fourth-order valence-electron chi connectivity index (χ4n) is 1.26. The second kappa shape index (κ2) is 5.75. The van der Waals surface area contributed by atoms with E-state index in [-0.39, 0.29) is 5.91 Å². The molecule has 6 heteroatoms. The van der Waals surface area contributed by atoms with E-state index in [0.717, 1.165) is 13.8 Å². The maximum absolute atomic E-state index is 11.9. The van der Waals surface area contributed by atoms with Crippen LogP contribution in [0.3, 0.4) is 0 Å². The zero-order valence-corrected chi connectivity index (χ0v) is 12.6. The molecule has 0 atom stereocenters. The van der Waals surface area contributed by atoms with Crippen molar-refractivity contribution in [3.8, 4) is 0 Å². The summed E-state index contributed by atoms with van der Waals surface area (Å²) in [5, 5.41) is 2.85. The summed E-state index contributed by atoms with van der Waals surface area (Å²) in [6.07, 6.45) is 1.75. The van der Waals surface area contributed by atoms with Gasteiger partial charge >= 0.3 is 0 Å². The predicted octanol–water partition coefficient (Wildman–Crippen LogP) is 3.60. The van der Waals surface area contributed by atoms with Crippen LogP contribution >= 0.6 is 43.2 Å². The molecule has 17 heavy (non-hydrogen) atoms. The lowest BCUT2D eigenvalue weighted by Crippen LogP contribution is -2.22. The molecule has 1 N–H and O–H groups in total. The first-order chi connectivity index (χ1) is 8.16. The van der Waals surface area contributed by atoms with Crippen molar-refractivity contribution in [2.24, 2.45) is 0 Å². The van der Waals surface area contributed by atoms with Crippen molar-refractivity contribution in [2.75, 3.05) is 0 Å². The van der Waals surface area contributed by atoms with Gasteiger partial charge in [0.2, 0.25) is 0 Å². The topological polar surface area (TPSA) is 42.0 Å². The molecule has 1 aromatic carbocycles. The monoisotopic (exact) mass is 374 g/mol. The van der Waals surface area contributed by atoms with E-state index < -0.39 is 0 Å². The predicted molar refractivity (Wildman–Crippen MR) is 75.1 cm³/mol. The summed E-state index contributed by atoms with van der Waals surface area (Å²) in [7, 11) is 0. The first kappa shape index (κ1) is 12.7. The first-order valence-electron chi connectivity index (χ1n) is 4.77. The zero-order valence-electron chi connectivity index (χ0n) is 8.61. The summed E-state index contributed by atoms with van der Waals surface area (Å²) >= 11 is 8.22. The highest BCUT2D eigenvalue weighted by atomic mass is 79.9. The minimum Gasteiger partial charge on any atom is -0.347 e. The van der Waals surface area contributed by atoms with Gasteiger partial charge in [-0.2, -0.15) is 0 Å². The third kappa shape index (κ3) is 3.37. The Morgan fingerprint density at radius 2 is 2.24 bits per heavy atom. The molecule has 88 valence electrons. The van der Waals surface area contributed by atoms with Gasteiger partial charge in [0.05, 0.1) is 17.6 Å². The van der Waals surface area contributed by atoms with Crippen LogP contribution in [-0.4, -0.2) is 10.9 Å². The Labute approximate surface area is 120 Å². The Morgan fingerprint density at radius 1 is 1.41 bits per heavy atom. The molecule has 2 aromatic rings. The average molecular weight is 376 g/mol. The van der Waals surface area contributed by atoms with Crippen molar-refractivity contribution < 1.29 is 4.79 Å². The van der Waals surface area contributed by atoms with E-state index >= 15 is 0 Å². The minimum absolute atomic E-state index is 0.105. The van der Waals surface area contributed by atoms with Gasteiger partial charge < -0.3 is 5.32 Å². The molecule has 1 aromatic heterocycles. The Kier molecular flexibility index (Phi) is 4.31. The van der Waals surface area contributed by atoms with Crippen LogP contribution in [0.1, 0.15) is 15.2 Å². The van der Waals surface area contributed by atoms with Crippen LogP contribution in [0.15, 0.2) is 38.9 Å². The van der Waals surface area contributed by atoms with Crippen LogP contribution < -0.4 is 5.32 Å². The van der Waals surface area contributed by atoms with Crippen molar-refractivity contribution in [1.29, 1.82) is 0 Å². The Morgan fingerprint density at radius 3 is 2.94 bits per heavy atom. The molecule has 0 aliphatic carbocycles. The number of nitrogens with zero attached hydrogens (tertiary/aromatic N) is 1. The van der Waals surface area contributed by atoms with Gasteiger partial charge in [0.25, 0.3) is 5.91 Å². The maximum Gasteiger partial charge on any atom is 0.252 e. The number of amides is 1. The highest BCUT2D eigenvalue weighted by molar-refractivity contribution is 9.11. The SMILES string of the molecule is O=C(NCc1cncs1)c1cc(Br)ccc1Br. The summed E-state index contributed by atoms with van der Waals surface area (Å²) in [5.41, 5.74) is 2.36. The number of carbonyl (C=O) groups is 1. The van der Waals surface area contributed by atoms with Crippen LogP contribution in [-0.2, 0) is 6.54 Å². The molecule has 0 spiro atoms. The summed E-state index contributed by atoms with van der Waals surface area (Å²) in [4.78, 5) is 16.9. The van der Waals surface area contributed by atoms with Gasteiger partial charge in [0.1, 0.15) is 0 Å². The molecule has 3 nitrogen and oxygen atoms in total. The number of benzene rings is 1. The molecular formula is C11H8Br2N2OS. The van der Waals surface area contributed by atoms with Crippen LogP contribution in [0.2, 0.25) is 0 Å². The number of hydrogen-bond donors (Lipinski definition) is 1. The lowest BCUT2D eigenvalue weighted by Gasteiger charge is -2.06. The van der Waals surface area contributed by atoms with Gasteiger partial charge in [0, 0.05) is 20.0 Å². The number of aromatic nitrogens is 1. The van der Waals surface area contributed by atoms with E-state index in [1.54, 1.807) is 17.8 Å². The molecule has 2 rings (SSSR count). The van der Waals surface area contributed by atoms with E-state index in [0.29, 0.717) is 12.1 Å². The maximum atomic E-state index is 11.9. The summed E-state index contributed by atoms with van der Waals surface area (Å²) in [5.74, 6) is -0.105. The lowest BCUT2D eigenvalue weighted by atomic mass is 10.2. The fraction of sp³-hybridized carbons (Fsp3) is 0.0909. The number of thiazole rings is 1. The van der Waals surface area contributed by atoms with Gasteiger partial charge in [-0.15, -0.1) is 11.3 Å². The standard InChI is InChI=1S/C11H8Br2N2OS/c12-7-1-2-10(13)9(3-7)11(16)15-5-8-4-14-6-17-8/h1-4,6H,5H2,(H,15,16). The largest absolute Gasteiger partial charge is 0.347 e. The second-order valence-electron chi connectivity index (χ2n) is 3.27. The van der Waals surface area contributed by atoms with Gasteiger partial charge in [-0.25, -0.2) is 0 Å². The summed E-state index contributed by atoms with van der Waals surface area (Å²) < 4.78 is 1.66. The molecule has 0 aliphatic rings. The molecule has 0 unspecified atom stereocenters. The van der Waals surface area contributed by atoms with Crippen LogP contribution in [0, 0.1) is 0 Å². The Bertz CT molecular complexity index is 528. The second-order valence-corrected chi connectivity index (χ2v) is 6.02. The number of hydrogen-bond acceptors (Lipinski definition) is 3. The molecule has 1 heterocycles. The number of rotatable bonds is 3. The molecule has 0 aliphatic heterocycles. The number of nitrogens with one attached hydrogen (secondary N) is 1. The molecule has 1 amide bonds. The minimum atomic E-state index is -0.105. The first-order valence-corrected chi connectivity index (χ1v) is 7.24. The molecule has 0 bridgehead atoms. The van der Waals surface area contributed by atoms with Crippen LogP contribution in [0.4, 0.5) is 0 Å². The third-order valence-corrected chi connectivity index (χ3v) is 4.04. The lowest BCUT2D eigenvalue weighted by molar-refractivity contribution is 0.0950. The molecule has 0 radical (unpaired) electrons. The van der Waals surface area contributed by atoms with E-state index in [1.807, 2.05) is 12.1 Å². The van der Waals surface area contributed by atoms with E-state index in [9.17, 15) is 4.79 Å². The van der Waals surface area contributed by atoms with Crippen LogP contribution in [0.5, 0.6) is 0 Å². The van der Waals surface area contributed by atoms with Gasteiger partial charge in [0.15, 0.2) is 0 Å². The highest BCUT2D eigenvalue weighted by Gasteiger charge is 2.10. The molecule has 0 saturated carbocycles. The van der Waals surface area contributed by atoms with Gasteiger partial charge in [-0.1, -0.05) is 15.9 Å². The molecular weight excluding hydrogens is 368 g/mol. The van der Waals surface area contributed by atoms with Crippen LogP contribution in [0.25, 0.3) is 0 Å². The number of halogens is 2. The molecule has 0 fully saturated rings. The summed E-state index contributed by atoms with van der Waals surface area (Å²) in [6.45, 7) is 0.502. The normalized spacial score (nSPS) is 10.2. The van der Waals surface area contributed by atoms with Gasteiger partial charge in [-0.3, -0.25) is 9.78 Å². The summed E-state index contributed by atoms with van der Waals surface area (Å²) in [6, 6.07) is 5.50. The van der Waals surface area contributed by atoms with E-state index in [1.165, 1.54) is 11.3 Å². The van der Waals surface area contributed by atoms with Gasteiger partial charge in [-0.05, 0) is 34.1 Å². The molecule has 0 saturated heterocycles. The highest BCUT2D eigenvalue weighted by Crippen LogP contribution is 2.21. The van der Waals surface area contributed by atoms with Crippen molar-refractivity contribution in [2.45, 2.75) is 6.54 Å². The van der Waals surface area contributed by atoms with E-state index in [2.05, 4.69) is 42.2 Å². The van der Waals surface area contributed by atoms with Crippen molar-refractivity contribution >= 4 is 49.1 Å². The fourth-order valence-corrected chi connectivity index (χ4v) is 2.59. The third-order valence-electron chi connectivity index (χ3n) is 2.08. The van der Waals surface area contributed by atoms with Crippen molar-refractivity contribution in [1.82, 2.24) is 10.3 Å². The smallest absolute Gasteiger partial charge is 0.252 e. The average Bonchev–Trinajstić information content (AvgIpc) is 2.82. The quantitative estimate of drug-likeness (QED) is 0.890. The zero-order chi connectivity index (χ0) is 12.3.